The van der Waals surface area contributed by atoms with Gasteiger partial charge in [-0.15, -0.1) is 0 Å². The van der Waals surface area contributed by atoms with Crippen molar-refractivity contribution >= 4 is 33.4 Å². The summed E-state index contributed by atoms with van der Waals surface area (Å²) < 4.78 is 2.20. The number of aromatic nitrogens is 3. The minimum atomic E-state index is 0.253. The minimum absolute atomic E-state index is 0.253. The summed E-state index contributed by atoms with van der Waals surface area (Å²) in [6, 6.07) is 24.7. The van der Waals surface area contributed by atoms with E-state index >= 15 is 0 Å². The summed E-state index contributed by atoms with van der Waals surface area (Å²) in [5.74, 6) is 1.25. The Hall–Kier alpha value is -3.17. The molecular weight excluding hydrogens is 378 g/mol. The first-order chi connectivity index (χ1) is 14.1. The normalized spacial score (nSPS) is 11.6. The molecule has 5 aromatic rings. The standard InChI is InChI=1S/C25H20ClN3/c1-16(2)25-28-22-11-10-19(21-9-5-6-12-27-21)15-24(22)29(25)23-14-18-8-4-3-7-17(18)13-20(23)26/h3-16H,1-2H3. The summed E-state index contributed by atoms with van der Waals surface area (Å²) in [5, 5.41) is 3.00. The number of nitrogens with zero attached hydrogens (tertiary/aromatic N) is 3. The van der Waals surface area contributed by atoms with Gasteiger partial charge in [0, 0.05) is 17.7 Å². The van der Waals surface area contributed by atoms with Crippen LogP contribution in [0.3, 0.4) is 0 Å². The SMILES string of the molecule is CC(C)c1nc2ccc(-c3ccccn3)cc2n1-c1cc2ccccc2cc1Cl. The van der Waals surface area contributed by atoms with Crippen molar-refractivity contribution in [2.75, 3.05) is 0 Å². The van der Waals surface area contributed by atoms with E-state index in [1.807, 2.05) is 36.5 Å². The van der Waals surface area contributed by atoms with Crippen LogP contribution in [-0.2, 0) is 0 Å². The van der Waals surface area contributed by atoms with Crippen molar-refractivity contribution in [1.82, 2.24) is 14.5 Å². The van der Waals surface area contributed by atoms with Crippen LogP contribution in [0, 0.1) is 0 Å². The van der Waals surface area contributed by atoms with Gasteiger partial charge >= 0.3 is 0 Å². The number of hydrogen-bond acceptors (Lipinski definition) is 2. The molecule has 4 heteroatoms. The van der Waals surface area contributed by atoms with Crippen LogP contribution in [0.25, 0.3) is 38.8 Å². The third-order valence-electron chi connectivity index (χ3n) is 5.21. The number of benzene rings is 3. The van der Waals surface area contributed by atoms with Crippen molar-refractivity contribution in [3.05, 3.63) is 89.8 Å². The topological polar surface area (TPSA) is 30.7 Å². The van der Waals surface area contributed by atoms with Crippen molar-refractivity contribution in [2.24, 2.45) is 0 Å². The molecule has 0 aliphatic rings. The van der Waals surface area contributed by atoms with Crippen LogP contribution in [0.5, 0.6) is 0 Å². The van der Waals surface area contributed by atoms with E-state index in [4.69, 9.17) is 16.6 Å². The molecule has 0 fully saturated rings. The first kappa shape index (κ1) is 17.9. The molecule has 0 aliphatic carbocycles. The smallest absolute Gasteiger partial charge is 0.117 e. The fourth-order valence-corrected chi connectivity index (χ4v) is 4.06. The summed E-state index contributed by atoms with van der Waals surface area (Å²) in [5.41, 5.74) is 4.95. The lowest BCUT2D eigenvalue weighted by Gasteiger charge is -2.15. The molecule has 0 aliphatic heterocycles. The van der Waals surface area contributed by atoms with Gasteiger partial charge in [-0.2, -0.15) is 0 Å². The maximum atomic E-state index is 6.77. The van der Waals surface area contributed by atoms with E-state index in [1.54, 1.807) is 0 Å². The zero-order valence-corrected chi connectivity index (χ0v) is 17.1. The van der Waals surface area contributed by atoms with E-state index in [9.17, 15) is 0 Å². The molecule has 2 aromatic heterocycles. The number of pyridine rings is 1. The predicted octanol–water partition coefficient (Wildman–Crippen LogP) is 7.02. The Bertz CT molecular complexity index is 1340. The average molecular weight is 398 g/mol. The molecule has 0 N–H and O–H groups in total. The van der Waals surface area contributed by atoms with Crippen LogP contribution in [0.2, 0.25) is 5.02 Å². The predicted molar refractivity (Wildman–Crippen MR) is 121 cm³/mol. The van der Waals surface area contributed by atoms with E-state index in [2.05, 4.69) is 65.9 Å². The van der Waals surface area contributed by atoms with Gasteiger partial charge in [0.05, 0.1) is 27.4 Å². The van der Waals surface area contributed by atoms with E-state index in [-0.39, 0.29) is 5.92 Å². The molecule has 0 radical (unpaired) electrons. The third-order valence-corrected chi connectivity index (χ3v) is 5.52. The molecule has 29 heavy (non-hydrogen) atoms. The maximum Gasteiger partial charge on any atom is 0.117 e. The third kappa shape index (κ3) is 3.08. The quantitative estimate of drug-likeness (QED) is 0.327. The first-order valence-electron chi connectivity index (χ1n) is 9.74. The van der Waals surface area contributed by atoms with E-state index in [0.29, 0.717) is 5.02 Å². The second kappa shape index (κ2) is 7.02. The molecule has 0 spiro atoms. The second-order valence-corrected chi connectivity index (χ2v) is 7.94. The van der Waals surface area contributed by atoms with Gasteiger partial charge in [0.1, 0.15) is 5.82 Å². The summed E-state index contributed by atoms with van der Waals surface area (Å²) in [4.78, 5) is 9.43. The van der Waals surface area contributed by atoms with Gasteiger partial charge in [-0.05, 0) is 47.2 Å². The number of halogens is 1. The van der Waals surface area contributed by atoms with Gasteiger partial charge in [-0.3, -0.25) is 9.55 Å². The Morgan fingerprint density at radius 2 is 1.62 bits per heavy atom. The van der Waals surface area contributed by atoms with E-state index in [1.165, 1.54) is 0 Å². The monoisotopic (exact) mass is 397 g/mol. The number of imidazole rings is 1. The zero-order valence-electron chi connectivity index (χ0n) is 16.3. The Balaban J connectivity index is 1.82. The molecule has 3 nitrogen and oxygen atoms in total. The fraction of sp³-hybridized carbons (Fsp3) is 0.120. The maximum absolute atomic E-state index is 6.77. The zero-order chi connectivity index (χ0) is 20.0. The van der Waals surface area contributed by atoms with Crippen LogP contribution >= 0.6 is 11.6 Å². The minimum Gasteiger partial charge on any atom is -0.295 e. The van der Waals surface area contributed by atoms with Gasteiger partial charge in [0.15, 0.2) is 0 Å². The highest BCUT2D eigenvalue weighted by molar-refractivity contribution is 6.33. The Morgan fingerprint density at radius 3 is 2.34 bits per heavy atom. The molecule has 0 saturated heterocycles. The van der Waals surface area contributed by atoms with Crippen LogP contribution in [0.15, 0.2) is 79.0 Å². The van der Waals surface area contributed by atoms with Crippen LogP contribution < -0.4 is 0 Å². The lowest BCUT2D eigenvalue weighted by atomic mass is 10.1. The van der Waals surface area contributed by atoms with Gasteiger partial charge in [-0.1, -0.05) is 61.8 Å². The number of fused-ring (bicyclic) bond motifs is 2. The van der Waals surface area contributed by atoms with Crippen molar-refractivity contribution < 1.29 is 0 Å². The highest BCUT2D eigenvalue weighted by Gasteiger charge is 2.18. The van der Waals surface area contributed by atoms with Crippen molar-refractivity contribution in [3.8, 4) is 16.9 Å². The Labute approximate surface area is 174 Å². The van der Waals surface area contributed by atoms with Crippen molar-refractivity contribution in [1.29, 1.82) is 0 Å². The molecule has 142 valence electrons. The van der Waals surface area contributed by atoms with Gasteiger partial charge in [-0.25, -0.2) is 4.98 Å². The van der Waals surface area contributed by atoms with Crippen molar-refractivity contribution in [3.63, 3.8) is 0 Å². The lowest BCUT2D eigenvalue weighted by Crippen LogP contribution is -2.04. The first-order valence-corrected chi connectivity index (χ1v) is 10.1. The Morgan fingerprint density at radius 1 is 0.862 bits per heavy atom. The highest BCUT2D eigenvalue weighted by Crippen LogP contribution is 2.34. The summed E-state index contributed by atoms with van der Waals surface area (Å²) in [7, 11) is 0. The second-order valence-electron chi connectivity index (χ2n) is 7.53. The summed E-state index contributed by atoms with van der Waals surface area (Å²) in [6.45, 7) is 4.32. The number of rotatable bonds is 3. The van der Waals surface area contributed by atoms with Crippen molar-refractivity contribution in [2.45, 2.75) is 19.8 Å². The lowest BCUT2D eigenvalue weighted by molar-refractivity contribution is 0.760. The molecule has 2 heterocycles. The average Bonchev–Trinajstić information content (AvgIpc) is 3.13. The molecule has 5 rings (SSSR count). The molecule has 0 saturated carbocycles. The number of hydrogen-bond donors (Lipinski definition) is 0. The van der Waals surface area contributed by atoms with Gasteiger partial charge < -0.3 is 0 Å². The summed E-state index contributed by atoms with van der Waals surface area (Å²) >= 11 is 6.77. The summed E-state index contributed by atoms with van der Waals surface area (Å²) in [6.07, 6.45) is 1.82. The Kier molecular flexibility index (Phi) is 4.33. The molecule has 0 unspecified atom stereocenters. The molecule has 0 bridgehead atoms. The molecule has 3 aromatic carbocycles. The van der Waals surface area contributed by atoms with E-state index in [0.717, 1.165) is 44.6 Å². The highest BCUT2D eigenvalue weighted by atomic mass is 35.5. The molecule has 0 atom stereocenters. The van der Waals surface area contributed by atoms with Crippen LogP contribution in [0.4, 0.5) is 0 Å². The van der Waals surface area contributed by atoms with Crippen LogP contribution in [-0.4, -0.2) is 14.5 Å². The van der Waals surface area contributed by atoms with Gasteiger partial charge in [0.25, 0.3) is 0 Å². The fourth-order valence-electron chi connectivity index (χ4n) is 3.80. The molecular formula is C25H20ClN3. The van der Waals surface area contributed by atoms with E-state index < -0.39 is 0 Å². The van der Waals surface area contributed by atoms with Gasteiger partial charge in [0.2, 0.25) is 0 Å². The largest absolute Gasteiger partial charge is 0.295 e. The molecule has 0 amide bonds. The van der Waals surface area contributed by atoms with Crippen LogP contribution in [0.1, 0.15) is 25.6 Å².